The van der Waals surface area contributed by atoms with Crippen molar-refractivity contribution in [1.29, 1.82) is 5.41 Å². The van der Waals surface area contributed by atoms with Gasteiger partial charge in [-0.25, -0.2) is 18.1 Å². The second-order valence-corrected chi connectivity index (χ2v) is 12.2. The Bertz CT molecular complexity index is 1230. The van der Waals surface area contributed by atoms with E-state index in [0.29, 0.717) is 24.2 Å². The summed E-state index contributed by atoms with van der Waals surface area (Å²) in [5.74, 6) is -1.09. The van der Waals surface area contributed by atoms with Crippen LogP contribution < -0.4 is 9.62 Å². The topological polar surface area (TPSA) is 152 Å². The van der Waals surface area contributed by atoms with Gasteiger partial charge in [-0.3, -0.25) is 10.2 Å². The minimum absolute atomic E-state index is 0.0718. The number of nitrogens with one attached hydrogen (secondary N) is 2. The summed E-state index contributed by atoms with van der Waals surface area (Å²) in [4.78, 5) is 24.9. The fraction of sp³-hybridized carbons (Fsp3) is 0.520. The Morgan fingerprint density at radius 3 is 2.65 bits per heavy atom. The predicted octanol–water partition coefficient (Wildman–Crippen LogP) is 3.02. The molecule has 0 saturated heterocycles. The zero-order chi connectivity index (χ0) is 27.4. The van der Waals surface area contributed by atoms with Gasteiger partial charge in [0.1, 0.15) is 12.0 Å². The third-order valence-electron chi connectivity index (χ3n) is 6.34. The Morgan fingerprint density at radius 2 is 2.08 bits per heavy atom. The van der Waals surface area contributed by atoms with Gasteiger partial charge in [0.15, 0.2) is 0 Å². The van der Waals surface area contributed by atoms with E-state index in [1.807, 2.05) is 37.4 Å². The Labute approximate surface area is 218 Å². The first kappa shape index (κ1) is 28.3. The number of hydrogen-bond acceptors (Lipinski definition) is 8. The van der Waals surface area contributed by atoms with E-state index in [0.717, 1.165) is 12.8 Å². The number of carbonyl (C=O) groups is 1. The van der Waals surface area contributed by atoms with Crippen LogP contribution in [0.2, 0.25) is 0 Å². The highest BCUT2D eigenvalue weighted by Crippen LogP contribution is 2.29. The van der Waals surface area contributed by atoms with Gasteiger partial charge >= 0.3 is 0 Å². The molecule has 1 amide bonds. The van der Waals surface area contributed by atoms with Crippen LogP contribution in [0.3, 0.4) is 0 Å². The minimum Gasteiger partial charge on any atom is -0.432 e. The highest BCUT2D eigenvalue weighted by molar-refractivity contribution is 7.90. The van der Waals surface area contributed by atoms with E-state index in [4.69, 9.17) is 9.83 Å². The van der Waals surface area contributed by atoms with E-state index in [1.54, 1.807) is 0 Å². The van der Waals surface area contributed by atoms with Crippen LogP contribution in [0.15, 0.2) is 44.8 Å². The average molecular weight is 533 g/mol. The van der Waals surface area contributed by atoms with Crippen molar-refractivity contribution in [1.82, 2.24) is 14.6 Å². The van der Waals surface area contributed by atoms with Crippen LogP contribution in [0.5, 0.6) is 0 Å². The Balaban J connectivity index is 1.92. The molecule has 37 heavy (non-hydrogen) atoms. The van der Waals surface area contributed by atoms with Crippen LogP contribution in [0.1, 0.15) is 62.5 Å². The lowest BCUT2D eigenvalue weighted by Gasteiger charge is -2.34. The van der Waals surface area contributed by atoms with Crippen LogP contribution in [0.4, 0.5) is 6.01 Å². The monoisotopic (exact) mass is 532 g/mol. The molecule has 2 aromatic rings. The van der Waals surface area contributed by atoms with Crippen LogP contribution in [-0.2, 0) is 16.6 Å². The number of benzene rings is 1. The molecular weight excluding hydrogens is 496 g/mol. The molecule has 0 unspecified atom stereocenters. The summed E-state index contributed by atoms with van der Waals surface area (Å²) >= 11 is 0. The fourth-order valence-electron chi connectivity index (χ4n) is 4.16. The second kappa shape index (κ2) is 11.4. The zero-order valence-corrected chi connectivity index (χ0v) is 22.6. The van der Waals surface area contributed by atoms with E-state index in [2.05, 4.69) is 16.7 Å². The maximum absolute atomic E-state index is 13.8. The molecule has 1 aliphatic rings. The molecule has 3 N–H and O–H groups in total. The van der Waals surface area contributed by atoms with Crippen molar-refractivity contribution in [2.24, 2.45) is 10.4 Å². The SMILES string of the molecule is C=NC(=N)NS(=O)(=O)c1cccc(C(=O)N(Cc2coc(N(C)C3CCC3)n2)[C@@H](CO)CC(C)(C)C)c1. The normalized spacial score (nSPS) is 14.9. The van der Waals surface area contributed by atoms with Crippen molar-refractivity contribution in [2.45, 2.75) is 70.0 Å². The first-order valence-electron chi connectivity index (χ1n) is 12.1. The van der Waals surface area contributed by atoms with Crippen molar-refractivity contribution < 1.29 is 22.7 Å². The molecule has 11 nitrogen and oxygen atoms in total. The molecular formula is C25H36N6O5S. The first-order chi connectivity index (χ1) is 17.3. The van der Waals surface area contributed by atoms with Crippen molar-refractivity contribution in [3.8, 4) is 0 Å². The van der Waals surface area contributed by atoms with Crippen LogP contribution >= 0.6 is 0 Å². The molecule has 1 aromatic heterocycles. The number of anilines is 1. The predicted molar refractivity (Wildman–Crippen MR) is 141 cm³/mol. The lowest BCUT2D eigenvalue weighted by molar-refractivity contribution is 0.0486. The molecule has 1 atom stereocenters. The summed E-state index contributed by atoms with van der Waals surface area (Å²) in [7, 11) is -2.21. The van der Waals surface area contributed by atoms with Crippen molar-refractivity contribution in [3.63, 3.8) is 0 Å². The number of amides is 1. The quantitative estimate of drug-likeness (QED) is 0.314. The number of aliphatic imine (C=N–C) groups is 1. The highest BCUT2D eigenvalue weighted by atomic mass is 32.2. The van der Waals surface area contributed by atoms with Gasteiger partial charge in [0.2, 0.25) is 5.96 Å². The molecule has 12 heteroatoms. The smallest absolute Gasteiger partial charge is 0.297 e. The van der Waals surface area contributed by atoms with Crippen molar-refractivity contribution in [3.05, 3.63) is 41.8 Å². The van der Waals surface area contributed by atoms with Gasteiger partial charge in [0, 0.05) is 18.7 Å². The lowest BCUT2D eigenvalue weighted by Crippen LogP contribution is -2.44. The molecule has 1 heterocycles. The fourth-order valence-corrected chi connectivity index (χ4v) is 5.14. The standard InChI is InChI=1S/C25H36N6O5S/c1-25(2,3)13-20(15-32)31(14-18-16-36-24(28-18)30(5)19-9-7-10-19)22(33)17-8-6-11-21(12-17)37(34,35)29-23(26)27-4/h6,8,11-12,16,19-20,32H,4,7,9-10,13-15H2,1-3,5H3,(H2,26,29)/t20-/m1/s1. The van der Waals surface area contributed by atoms with Crippen LogP contribution in [-0.4, -0.2) is 67.7 Å². The van der Waals surface area contributed by atoms with Gasteiger partial charge in [0.05, 0.1) is 24.1 Å². The van der Waals surface area contributed by atoms with Gasteiger partial charge < -0.3 is 19.3 Å². The number of rotatable bonds is 10. The molecule has 0 aliphatic heterocycles. The van der Waals surface area contributed by atoms with Gasteiger partial charge in [-0.15, -0.1) is 0 Å². The van der Waals surface area contributed by atoms with Gasteiger partial charge in [-0.2, -0.15) is 4.98 Å². The summed E-state index contributed by atoms with van der Waals surface area (Å²) < 4.78 is 32.9. The largest absolute Gasteiger partial charge is 0.432 e. The Morgan fingerprint density at radius 1 is 1.38 bits per heavy atom. The van der Waals surface area contributed by atoms with Crippen LogP contribution in [0.25, 0.3) is 0 Å². The van der Waals surface area contributed by atoms with E-state index >= 15 is 0 Å². The maximum atomic E-state index is 13.8. The maximum Gasteiger partial charge on any atom is 0.297 e. The number of carbonyl (C=O) groups excluding carboxylic acids is 1. The molecule has 0 spiro atoms. The highest BCUT2D eigenvalue weighted by Gasteiger charge is 2.31. The molecule has 1 aromatic carbocycles. The molecule has 0 bridgehead atoms. The zero-order valence-electron chi connectivity index (χ0n) is 21.8. The minimum atomic E-state index is -4.14. The van der Waals surface area contributed by atoms with E-state index < -0.39 is 27.9 Å². The average Bonchev–Trinajstić information content (AvgIpc) is 3.27. The number of nitrogens with zero attached hydrogens (tertiary/aromatic N) is 4. The number of hydrogen-bond donors (Lipinski definition) is 3. The summed E-state index contributed by atoms with van der Waals surface area (Å²) in [6.07, 6.45) is 5.34. The Hall–Kier alpha value is -3.25. The number of aliphatic hydroxyl groups excluding tert-OH is 1. The van der Waals surface area contributed by atoms with E-state index in [-0.39, 0.29) is 29.0 Å². The van der Waals surface area contributed by atoms with Gasteiger partial charge in [-0.1, -0.05) is 26.8 Å². The third kappa shape index (κ3) is 7.16. The molecule has 1 saturated carbocycles. The summed E-state index contributed by atoms with van der Waals surface area (Å²) in [6, 6.07) is 5.82. The molecule has 202 valence electrons. The number of sulfonamides is 1. The molecule has 3 rings (SSSR count). The lowest BCUT2D eigenvalue weighted by atomic mass is 9.87. The first-order valence-corrected chi connectivity index (χ1v) is 13.6. The second-order valence-electron chi connectivity index (χ2n) is 10.5. The van der Waals surface area contributed by atoms with Crippen LogP contribution in [0, 0.1) is 10.8 Å². The number of aromatic nitrogens is 1. The summed E-state index contributed by atoms with van der Waals surface area (Å²) in [5, 5.41) is 17.7. The summed E-state index contributed by atoms with van der Waals surface area (Å²) in [5.41, 5.74) is 0.444. The van der Waals surface area contributed by atoms with E-state index in [1.165, 1.54) is 41.8 Å². The molecule has 1 fully saturated rings. The third-order valence-corrected chi connectivity index (χ3v) is 7.67. The molecule has 0 radical (unpaired) electrons. The van der Waals surface area contributed by atoms with E-state index in [9.17, 15) is 18.3 Å². The number of oxazole rings is 1. The van der Waals surface area contributed by atoms with Gasteiger partial charge in [0.25, 0.3) is 21.9 Å². The summed E-state index contributed by atoms with van der Waals surface area (Å²) in [6.45, 7) is 8.97. The number of aliphatic hydroxyl groups is 1. The van der Waals surface area contributed by atoms with Crippen molar-refractivity contribution >= 4 is 34.6 Å². The van der Waals surface area contributed by atoms with Gasteiger partial charge in [-0.05, 0) is 56.0 Å². The Kier molecular flexibility index (Phi) is 8.75. The number of guanidine groups is 1. The molecule has 1 aliphatic carbocycles. The van der Waals surface area contributed by atoms with Crippen molar-refractivity contribution in [2.75, 3.05) is 18.6 Å².